The Morgan fingerprint density at radius 2 is 2.00 bits per heavy atom. The number of hydrogen-bond acceptors (Lipinski definition) is 2. The third-order valence-electron chi connectivity index (χ3n) is 1.07. The van der Waals surface area contributed by atoms with Gasteiger partial charge in [0.15, 0.2) is 0 Å². The maximum absolute atomic E-state index is 10.7. The van der Waals surface area contributed by atoms with E-state index in [0.717, 1.165) is 6.42 Å². The second-order valence-electron chi connectivity index (χ2n) is 2.07. The summed E-state index contributed by atoms with van der Waals surface area (Å²) in [6, 6.07) is 0. The van der Waals surface area contributed by atoms with Gasteiger partial charge in [0.05, 0.1) is 6.26 Å². The van der Waals surface area contributed by atoms with E-state index in [2.05, 4.69) is 0 Å². The molecule has 4 heteroatoms. The summed E-state index contributed by atoms with van der Waals surface area (Å²) in [6.45, 7) is 1.95. The van der Waals surface area contributed by atoms with Gasteiger partial charge in [0.2, 0.25) is 10.0 Å². The average Bonchev–Trinajstić information content (AvgIpc) is 1.80. The molecule has 0 aromatic heterocycles. The highest BCUT2D eigenvalue weighted by Crippen LogP contribution is 1.93. The normalized spacial score (nSPS) is 12.3. The Balaban J connectivity index is 4.12. The molecular weight excluding hydrogens is 150 g/mol. The van der Waals surface area contributed by atoms with Crippen LogP contribution in [0.1, 0.15) is 13.3 Å². The van der Waals surface area contributed by atoms with Crippen LogP contribution in [0.2, 0.25) is 0 Å². The summed E-state index contributed by atoms with van der Waals surface area (Å²) < 4.78 is 22.6. The summed E-state index contributed by atoms with van der Waals surface area (Å²) in [5.41, 5.74) is 0. The zero-order valence-corrected chi connectivity index (χ0v) is 7.35. The van der Waals surface area contributed by atoms with E-state index in [1.165, 1.54) is 17.6 Å². The molecule has 0 heterocycles. The molecule has 0 aliphatic heterocycles. The monoisotopic (exact) mass is 163 g/mol. The molecule has 0 rings (SSSR count). The van der Waals surface area contributed by atoms with Crippen molar-refractivity contribution in [1.82, 2.24) is 4.31 Å². The first kappa shape index (κ1) is 9.49. The Morgan fingerprint density at radius 1 is 1.50 bits per heavy atom. The van der Waals surface area contributed by atoms with Crippen molar-refractivity contribution in [2.75, 3.05) is 13.3 Å². The fraction of sp³-hybridized carbons (Fsp3) is 0.667. The molecular formula is C6H13NO2S. The number of hydrogen-bond donors (Lipinski definition) is 0. The van der Waals surface area contributed by atoms with E-state index in [1.807, 2.05) is 6.92 Å². The molecule has 3 nitrogen and oxygen atoms in total. The Bertz CT molecular complexity index is 206. The third kappa shape index (κ3) is 3.50. The molecule has 0 unspecified atom stereocenters. The Kier molecular flexibility index (Phi) is 3.42. The summed E-state index contributed by atoms with van der Waals surface area (Å²) in [5.74, 6) is 0. The minimum Gasteiger partial charge on any atom is -0.281 e. The molecule has 0 amide bonds. The highest BCUT2D eigenvalue weighted by Gasteiger charge is 2.03. The quantitative estimate of drug-likeness (QED) is 0.617. The van der Waals surface area contributed by atoms with Crippen LogP contribution in [-0.2, 0) is 10.0 Å². The van der Waals surface area contributed by atoms with Crippen molar-refractivity contribution >= 4 is 10.0 Å². The minimum atomic E-state index is -3.03. The number of rotatable bonds is 3. The van der Waals surface area contributed by atoms with Crippen molar-refractivity contribution in [1.29, 1.82) is 0 Å². The van der Waals surface area contributed by atoms with E-state index in [0.29, 0.717) is 0 Å². The summed E-state index contributed by atoms with van der Waals surface area (Å²) in [5, 5.41) is 0. The van der Waals surface area contributed by atoms with Crippen molar-refractivity contribution < 1.29 is 8.42 Å². The van der Waals surface area contributed by atoms with Crippen molar-refractivity contribution in [3.05, 3.63) is 12.3 Å². The van der Waals surface area contributed by atoms with Gasteiger partial charge >= 0.3 is 0 Å². The van der Waals surface area contributed by atoms with Crippen LogP contribution in [0.5, 0.6) is 0 Å². The second-order valence-corrected chi connectivity index (χ2v) is 4.11. The zero-order valence-electron chi connectivity index (χ0n) is 6.53. The number of allylic oxidation sites excluding steroid dienone is 1. The first-order chi connectivity index (χ1) is 4.48. The third-order valence-corrected chi connectivity index (χ3v) is 2.24. The lowest BCUT2D eigenvalue weighted by molar-refractivity contribution is 0.545. The fourth-order valence-electron chi connectivity index (χ4n) is 0.364. The Labute approximate surface area is 62.4 Å². The highest BCUT2D eigenvalue weighted by molar-refractivity contribution is 7.88. The second kappa shape index (κ2) is 3.61. The Morgan fingerprint density at radius 3 is 2.30 bits per heavy atom. The van der Waals surface area contributed by atoms with Crippen molar-refractivity contribution in [2.24, 2.45) is 0 Å². The Hall–Kier alpha value is -0.510. The van der Waals surface area contributed by atoms with Gasteiger partial charge in [-0.1, -0.05) is 13.0 Å². The van der Waals surface area contributed by atoms with Crippen molar-refractivity contribution in [3.63, 3.8) is 0 Å². The van der Waals surface area contributed by atoms with E-state index >= 15 is 0 Å². The topological polar surface area (TPSA) is 37.4 Å². The van der Waals surface area contributed by atoms with E-state index in [4.69, 9.17) is 0 Å². The van der Waals surface area contributed by atoms with Gasteiger partial charge in [0.25, 0.3) is 0 Å². The maximum Gasteiger partial charge on any atom is 0.231 e. The summed E-state index contributed by atoms with van der Waals surface area (Å²) in [4.78, 5) is 0. The first-order valence-corrected chi connectivity index (χ1v) is 4.93. The fourth-order valence-corrected chi connectivity index (χ4v) is 0.672. The molecule has 60 valence electrons. The first-order valence-electron chi connectivity index (χ1n) is 3.08. The standard InChI is InChI=1S/C6H13NO2S/c1-4-5-6-7(2)10(3,8)9/h5-6H,4H2,1-3H3/b6-5+. The van der Waals surface area contributed by atoms with E-state index in [9.17, 15) is 8.42 Å². The zero-order chi connectivity index (χ0) is 8.20. The molecule has 0 aromatic carbocycles. The largest absolute Gasteiger partial charge is 0.281 e. The predicted molar refractivity (Wildman–Crippen MR) is 42.0 cm³/mol. The molecule has 0 bridgehead atoms. The maximum atomic E-state index is 10.7. The van der Waals surface area contributed by atoms with Crippen LogP contribution in [0.25, 0.3) is 0 Å². The van der Waals surface area contributed by atoms with E-state index < -0.39 is 10.0 Å². The average molecular weight is 163 g/mol. The molecule has 0 aromatic rings. The lowest BCUT2D eigenvalue weighted by Gasteiger charge is -2.09. The van der Waals surface area contributed by atoms with Crippen LogP contribution in [0.15, 0.2) is 12.3 Å². The number of sulfonamides is 1. The van der Waals surface area contributed by atoms with Gasteiger partial charge in [-0.2, -0.15) is 0 Å². The summed E-state index contributed by atoms with van der Waals surface area (Å²) >= 11 is 0. The lowest BCUT2D eigenvalue weighted by atomic mass is 10.5. The van der Waals surface area contributed by atoms with Crippen LogP contribution in [0, 0.1) is 0 Å². The molecule has 0 fully saturated rings. The molecule has 0 N–H and O–H groups in total. The minimum absolute atomic E-state index is 0.847. The predicted octanol–water partition coefficient (Wildman–Crippen LogP) is 0.802. The molecule has 0 atom stereocenters. The molecule has 0 aliphatic rings. The molecule has 0 aliphatic carbocycles. The molecule has 0 saturated carbocycles. The van der Waals surface area contributed by atoms with Gasteiger partial charge in [0.1, 0.15) is 0 Å². The van der Waals surface area contributed by atoms with Crippen molar-refractivity contribution in [2.45, 2.75) is 13.3 Å². The van der Waals surface area contributed by atoms with Gasteiger partial charge in [-0.25, -0.2) is 8.42 Å². The number of nitrogens with zero attached hydrogens (tertiary/aromatic N) is 1. The summed E-state index contributed by atoms with van der Waals surface area (Å²) in [7, 11) is -1.51. The van der Waals surface area contributed by atoms with Gasteiger partial charge in [-0.3, -0.25) is 4.31 Å². The highest BCUT2D eigenvalue weighted by atomic mass is 32.2. The lowest BCUT2D eigenvalue weighted by Crippen LogP contribution is -2.18. The smallest absolute Gasteiger partial charge is 0.231 e. The van der Waals surface area contributed by atoms with E-state index in [1.54, 1.807) is 12.3 Å². The van der Waals surface area contributed by atoms with Crippen LogP contribution < -0.4 is 0 Å². The van der Waals surface area contributed by atoms with Gasteiger partial charge in [-0.15, -0.1) is 0 Å². The van der Waals surface area contributed by atoms with Crippen LogP contribution in [0.4, 0.5) is 0 Å². The molecule has 0 radical (unpaired) electrons. The van der Waals surface area contributed by atoms with Gasteiger partial charge < -0.3 is 0 Å². The van der Waals surface area contributed by atoms with Crippen LogP contribution in [-0.4, -0.2) is 26.0 Å². The molecule has 0 saturated heterocycles. The van der Waals surface area contributed by atoms with Crippen molar-refractivity contribution in [3.8, 4) is 0 Å². The summed E-state index contributed by atoms with van der Waals surface area (Å²) in [6.07, 6.45) is 5.36. The SMILES string of the molecule is CC/C=C/N(C)S(C)(=O)=O. The van der Waals surface area contributed by atoms with Crippen LogP contribution in [0.3, 0.4) is 0 Å². The van der Waals surface area contributed by atoms with Gasteiger partial charge in [-0.05, 0) is 6.42 Å². The molecule has 10 heavy (non-hydrogen) atoms. The molecule has 0 spiro atoms. The van der Waals surface area contributed by atoms with Crippen LogP contribution >= 0.6 is 0 Å². The van der Waals surface area contributed by atoms with Gasteiger partial charge in [0, 0.05) is 13.2 Å². The van der Waals surface area contributed by atoms with E-state index in [-0.39, 0.29) is 0 Å².